The number of carbonyl (C=O) groups is 1. The van der Waals surface area contributed by atoms with Crippen LogP contribution in [0.1, 0.15) is 50.4 Å². The predicted molar refractivity (Wildman–Crippen MR) is 88.3 cm³/mol. The molecule has 0 aliphatic carbocycles. The molecule has 1 aromatic rings. The molecule has 0 aliphatic rings. The van der Waals surface area contributed by atoms with Gasteiger partial charge in [0.25, 0.3) is 0 Å². The largest absolute Gasteiger partial charge is 0.507 e. The van der Waals surface area contributed by atoms with Gasteiger partial charge in [-0.2, -0.15) is 0 Å². The van der Waals surface area contributed by atoms with Crippen molar-refractivity contribution < 1.29 is 19.1 Å². The summed E-state index contributed by atoms with van der Waals surface area (Å²) in [4.78, 5) is 22.8. The van der Waals surface area contributed by atoms with Crippen molar-refractivity contribution in [1.29, 1.82) is 0 Å². The van der Waals surface area contributed by atoms with Gasteiger partial charge in [-0.25, -0.2) is 9.59 Å². The summed E-state index contributed by atoms with van der Waals surface area (Å²) in [5.74, 6) is 0.271. The Balaban J connectivity index is 2.71. The first-order valence-electron chi connectivity index (χ1n) is 7.45. The molecule has 1 aromatic heterocycles. The number of aromatic hydroxyl groups is 1. The van der Waals surface area contributed by atoms with Gasteiger partial charge in [0, 0.05) is 18.2 Å². The molecular weight excluding hydrogens is 298 g/mol. The first kappa shape index (κ1) is 18.5. The lowest BCUT2D eigenvalue weighted by molar-refractivity contribution is 0.175. The van der Waals surface area contributed by atoms with Crippen LogP contribution in [0.25, 0.3) is 5.57 Å². The summed E-state index contributed by atoms with van der Waals surface area (Å²) < 4.78 is 9.72. The van der Waals surface area contributed by atoms with E-state index >= 15 is 0 Å². The number of amides is 1. The van der Waals surface area contributed by atoms with Crippen LogP contribution in [0, 0.1) is 0 Å². The highest BCUT2D eigenvalue weighted by atomic mass is 16.5. The number of hydrogen-bond acceptors (Lipinski definition) is 5. The Labute approximate surface area is 135 Å². The number of methoxy groups -OCH3 is 1. The summed E-state index contributed by atoms with van der Waals surface area (Å²) in [6.07, 6.45) is 4.66. The van der Waals surface area contributed by atoms with Crippen LogP contribution in [-0.2, 0) is 4.74 Å². The Kier molecular flexibility index (Phi) is 7.12. The van der Waals surface area contributed by atoms with Crippen LogP contribution in [0.3, 0.4) is 0 Å². The molecule has 0 bridgehead atoms. The van der Waals surface area contributed by atoms with E-state index in [1.165, 1.54) is 19.4 Å². The van der Waals surface area contributed by atoms with Crippen LogP contribution < -0.4 is 10.9 Å². The summed E-state index contributed by atoms with van der Waals surface area (Å²) >= 11 is 0. The molecule has 0 saturated carbocycles. The lowest BCUT2D eigenvalue weighted by Crippen LogP contribution is -2.16. The summed E-state index contributed by atoms with van der Waals surface area (Å²) in [7, 11) is 1.29. The molecular formula is C17H23NO5. The zero-order valence-corrected chi connectivity index (χ0v) is 13.7. The smallest absolute Gasteiger partial charge is 0.410 e. The van der Waals surface area contributed by atoms with Gasteiger partial charge in [-0.1, -0.05) is 26.5 Å². The van der Waals surface area contributed by atoms with E-state index in [-0.39, 0.29) is 17.2 Å². The van der Waals surface area contributed by atoms with Gasteiger partial charge in [0.2, 0.25) is 0 Å². The van der Waals surface area contributed by atoms with Gasteiger partial charge in [-0.15, -0.1) is 0 Å². The van der Waals surface area contributed by atoms with Gasteiger partial charge in [0.15, 0.2) is 0 Å². The van der Waals surface area contributed by atoms with E-state index in [0.717, 1.165) is 0 Å². The lowest BCUT2D eigenvalue weighted by Gasteiger charge is -2.11. The number of allylic oxidation sites excluding steroid dienone is 2. The zero-order chi connectivity index (χ0) is 17.4. The fourth-order valence-corrected chi connectivity index (χ4v) is 2.00. The third-order valence-corrected chi connectivity index (χ3v) is 3.49. The molecule has 0 aliphatic heterocycles. The Morgan fingerprint density at radius 2 is 2.26 bits per heavy atom. The quantitative estimate of drug-likeness (QED) is 0.802. The molecule has 0 aromatic carbocycles. The van der Waals surface area contributed by atoms with E-state index in [2.05, 4.69) is 16.6 Å². The Morgan fingerprint density at radius 3 is 2.83 bits per heavy atom. The van der Waals surface area contributed by atoms with Crippen molar-refractivity contribution in [2.75, 3.05) is 7.11 Å². The lowest BCUT2D eigenvalue weighted by atomic mass is 10.00. The molecule has 6 nitrogen and oxygen atoms in total. The number of ether oxygens (including phenoxy) is 1. The van der Waals surface area contributed by atoms with Gasteiger partial charge >= 0.3 is 11.7 Å². The van der Waals surface area contributed by atoms with Crippen molar-refractivity contribution in [3.63, 3.8) is 0 Å². The van der Waals surface area contributed by atoms with Gasteiger partial charge < -0.3 is 14.3 Å². The van der Waals surface area contributed by atoms with Crippen LogP contribution >= 0.6 is 0 Å². The van der Waals surface area contributed by atoms with Crippen LogP contribution in [0.15, 0.2) is 34.1 Å². The van der Waals surface area contributed by atoms with E-state index in [1.807, 2.05) is 13.8 Å². The Bertz CT molecular complexity index is 645. The first-order chi connectivity index (χ1) is 10.9. The fourth-order valence-electron chi connectivity index (χ4n) is 2.00. The average molecular weight is 321 g/mol. The highest BCUT2D eigenvalue weighted by Gasteiger charge is 2.16. The molecule has 1 rings (SSSR count). The number of alkyl carbamates (subject to hydrolysis) is 1. The molecule has 0 radical (unpaired) electrons. The third kappa shape index (κ3) is 5.32. The van der Waals surface area contributed by atoms with Crippen LogP contribution in [-0.4, -0.2) is 18.3 Å². The molecule has 1 atom stereocenters. The average Bonchev–Trinajstić information content (AvgIpc) is 2.52. The monoisotopic (exact) mass is 321 g/mol. The molecule has 126 valence electrons. The van der Waals surface area contributed by atoms with Crippen molar-refractivity contribution >= 4 is 11.7 Å². The van der Waals surface area contributed by atoms with Crippen molar-refractivity contribution in [1.82, 2.24) is 5.32 Å². The van der Waals surface area contributed by atoms with E-state index < -0.39 is 11.7 Å². The first-order valence-corrected chi connectivity index (χ1v) is 7.45. The standard InChI is InChI=1S/C17H23NO5/c1-5-11(2)15-13(19)10-14(23-16(15)20)12(3)8-6-7-9-18-17(21)22-4/h7,9-10,12,19H,2,5-6,8H2,1,3-4H3,(H,18,21)/b9-7+. The van der Waals surface area contributed by atoms with Gasteiger partial charge in [-0.05, 0) is 24.8 Å². The van der Waals surface area contributed by atoms with Crippen LogP contribution in [0.2, 0.25) is 0 Å². The molecule has 0 fully saturated rings. The van der Waals surface area contributed by atoms with Crippen LogP contribution in [0.5, 0.6) is 5.75 Å². The number of nitrogens with one attached hydrogen (secondary N) is 1. The van der Waals surface area contributed by atoms with Gasteiger partial charge in [0.1, 0.15) is 17.1 Å². The molecule has 6 heteroatoms. The maximum atomic E-state index is 12.0. The van der Waals surface area contributed by atoms with Crippen LogP contribution in [0.4, 0.5) is 4.79 Å². The highest BCUT2D eigenvalue weighted by molar-refractivity contribution is 5.68. The number of carbonyl (C=O) groups excluding carboxylic acids is 1. The number of rotatable bonds is 7. The minimum absolute atomic E-state index is 0.0553. The van der Waals surface area contributed by atoms with Crippen molar-refractivity contribution in [2.24, 2.45) is 0 Å². The van der Waals surface area contributed by atoms with Gasteiger partial charge in [-0.3, -0.25) is 5.32 Å². The summed E-state index contributed by atoms with van der Waals surface area (Å²) in [5, 5.41) is 12.4. The van der Waals surface area contributed by atoms with E-state index in [1.54, 1.807) is 6.08 Å². The van der Waals surface area contributed by atoms with E-state index in [9.17, 15) is 14.7 Å². The maximum Gasteiger partial charge on any atom is 0.410 e. The topological polar surface area (TPSA) is 88.8 Å². The molecule has 1 heterocycles. The fraction of sp³-hybridized carbons (Fsp3) is 0.412. The van der Waals surface area contributed by atoms with Crippen molar-refractivity contribution in [2.45, 2.75) is 39.0 Å². The maximum absolute atomic E-state index is 12.0. The second-order valence-corrected chi connectivity index (χ2v) is 5.17. The molecule has 1 amide bonds. The minimum atomic E-state index is -0.568. The zero-order valence-electron chi connectivity index (χ0n) is 13.7. The van der Waals surface area contributed by atoms with Gasteiger partial charge in [0.05, 0.1) is 7.11 Å². The predicted octanol–water partition coefficient (Wildman–Crippen LogP) is 3.52. The summed E-state index contributed by atoms with van der Waals surface area (Å²) in [5.41, 5.74) is 0.125. The Hall–Kier alpha value is -2.50. The van der Waals surface area contributed by atoms with E-state index in [0.29, 0.717) is 30.6 Å². The van der Waals surface area contributed by atoms with Crippen molar-refractivity contribution in [3.05, 3.63) is 46.7 Å². The second-order valence-electron chi connectivity index (χ2n) is 5.17. The second kappa shape index (κ2) is 8.82. The molecule has 1 unspecified atom stereocenters. The highest BCUT2D eigenvalue weighted by Crippen LogP contribution is 2.28. The minimum Gasteiger partial charge on any atom is -0.507 e. The normalized spacial score (nSPS) is 12.1. The Morgan fingerprint density at radius 1 is 1.57 bits per heavy atom. The SMILES string of the molecule is C=C(CC)c1c(O)cc(C(C)CC/C=C/NC(=O)OC)oc1=O. The molecule has 0 spiro atoms. The van der Waals surface area contributed by atoms with E-state index in [4.69, 9.17) is 4.42 Å². The number of hydrogen-bond donors (Lipinski definition) is 2. The third-order valence-electron chi connectivity index (χ3n) is 3.49. The van der Waals surface area contributed by atoms with Crippen molar-refractivity contribution in [3.8, 4) is 5.75 Å². The molecule has 2 N–H and O–H groups in total. The summed E-state index contributed by atoms with van der Waals surface area (Å²) in [6.45, 7) is 7.51. The summed E-state index contributed by atoms with van der Waals surface area (Å²) in [6, 6.07) is 1.47. The molecule has 23 heavy (non-hydrogen) atoms. The molecule has 0 saturated heterocycles.